The molecular weight excluding hydrogens is 183 g/mol. The fourth-order valence-corrected chi connectivity index (χ4v) is 1.57. The molecule has 1 rings (SSSR count). The average molecular weight is 194 g/mol. The molecule has 1 amide bonds. The maximum atomic E-state index is 11.0. The SMILES string of the molecule is O=C(NP(=O)(O)O)[C@H]1CCCN1. The first-order chi connectivity index (χ1) is 5.49. The molecule has 1 heterocycles. The van der Waals surface area contributed by atoms with Gasteiger partial charge in [-0.1, -0.05) is 0 Å². The second-order valence-electron chi connectivity index (χ2n) is 2.67. The van der Waals surface area contributed by atoms with Crippen LogP contribution < -0.4 is 10.4 Å². The van der Waals surface area contributed by atoms with Crippen molar-refractivity contribution >= 4 is 13.7 Å². The predicted octanol–water partition coefficient (Wildman–Crippen LogP) is -1.05. The van der Waals surface area contributed by atoms with Gasteiger partial charge in [-0.3, -0.25) is 9.88 Å². The average Bonchev–Trinajstić information content (AvgIpc) is 2.32. The topological polar surface area (TPSA) is 98.7 Å². The van der Waals surface area contributed by atoms with Crippen molar-refractivity contribution in [3.63, 3.8) is 0 Å². The number of carbonyl (C=O) groups is 1. The minimum Gasteiger partial charge on any atom is -0.308 e. The van der Waals surface area contributed by atoms with Gasteiger partial charge < -0.3 is 15.1 Å². The molecule has 70 valence electrons. The van der Waals surface area contributed by atoms with Crippen molar-refractivity contribution in [3.05, 3.63) is 0 Å². The van der Waals surface area contributed by atoms with E-state index in [1.807, 2.05) is 0 Å². The van der Waals surface area contributed by atoms with Gasteiger partial charge in [-0.25, -0.2) is 4.57 Å². The van der Waals surface area contributed by atoms with Gasteiger partial charge in [-0.05, 0) is 19.4 Å². The Labute approximate surface area is 69.6 Å². The number of hydrogen-bond acceptors (Lipinski definition) is 3. The van der Waals surface area contributed by atoms with Crippen LogP contribution in [0.4, 0.5) is 0 Å². The van der Waals surface area contributed by atoms with E-state index in [2.05, 4.69) is 5.32 Å². The third kappa shape index (κ3) is 2.91. The summed E-state index contributed by atoms with van der Waals surface area (Å²) in [7, 11) is -4.41. The summed E-state index contributed by atoms with van der Waals surface area (Å²) in [5, 5.41) is 4.45. The van der Waals surface area contributed by atoms with Gasteiger partial charge in [-0.2, -0.15) is 0 Å². The van der Waals surface area contributed by atoms with Crippen molar-refractivity contribution in [2.45, 2.75) is 18.9 Å². The Balaban J connectivity index is 2.43. The first kappa shape index (κ1) is 9.67. The van der Waals surface area contributed by atoms with Crippen LogP contribution in [0.2, 0.25) is 0 Å². The Morgan fingerprint density at radius 3 is 2.67 bits per heavy atom. The van der Waals surface area contributed by atoms with E-state index in [1.165, 1.54) is 0 Å². The first-order valence-electron chi connectivity index (χ1n) is 3.60. The van der Waals surface area contributed by atoms with Crippen molar-refractivity contribution in [3.8, 4) is 0 Å². The molecule has 0 radical (unpaired) electrons. The summed E-state index contributed by atoms with van der Waals surface area (Å²) in [5.41, 5.74) is 0. The Morgan fingerprint density at radius 2 is 2.25 bits per heavy atom. The van der Waals surface area contributed by atoms with Crippen molar-refractivity contribution in [2.75, 3.05) is 6.54 Å². The fraction of sp³-hybridized carbons (Fsp3) is 0.800. The smallest absolute Gasteiger partial charge is 0.308 e. The van der Waals surface area contributed by atoms with E-state index in [0.29, 0.717) is 6.42 Å². The van der Waals surface area contributed by atoms with E-state index in [-0.39, 0.29) is 0 Å². The molecule has 1 atom stereocenters. The number of carbonyl (C=O) groups excluding carboxylic acids is 1. The molecule has 1 aliphatic rings. The van der Waals surface area contributed by atoms with Crippen LogP contribution in [0.15, 0.2) is 0 Å². The number of rotatable bonds is 2. The molecule has 1 fully saturated rings. The third-order valence-corrected chi connectivity index (χ3v) is 2.14. The molecule has 7 heteroatoms. The van der Waals surface area contributed by atoms with E-state index in [9.17, 15) is 9.36 Å². The minimum atomic E-state index is -4.41. The van der Waals surface area contributed by atoms with Crippen LogP contribution in [0, 0.1) is 0 Å². The Hall–Kier alpha value is -0.420. The highest BCUT2D eigenvalue weighted by molar-refractivity contribution is 7.50. The molecule has 1 aliphatic heterocycles. The lowest BCUT2D eigenvalue weighted by Crippen LogP contribution is -2.38. The van der Waals surface area contributed by atoms with E-state index in [1.54, 1.807) is 5.09 Å². The Kier molecular flexibility index (Phi) is 2.85. The molecule has 6 nitrogen and oxygen atoms in total. The largest absolute Gasteiger partial charge is 0.429 e. The van der Waals surface area contributed by atoms with Gasteiger partial charge in [0.25, 0.3) is 0 Å². The molecule has 0 bridgehead atoms. The molecular formula is C5H11N2O4P. The molecule has 4 N–H and O–H groups in total. The lowest BCUT2D eigenvalue weighted by atomic mass is 10.2. The van der Waals surface area contributed by atoms with Crippen LogP contribution >= 0.6 is 7.75 Å². The molecule has 0 aliphatic carbocycles. The monoisotopic (exact) mass is 194 g/mol. The highest BCUT2D eigenvalue weighted by Gasteiger charge is 2.26. The molecule has 0 aromatic rings. The minimum absolute atomic E-state index is 0.447. The first-order valence-corrected chi connectivity index (χ1v) is 5.21. The third-order valence-electron chi connectivity index (χ3n) is 1.63. The fourth-order valence-electron chi connectivity index (χ4n) is 1.13. The lowest BCUT2D eigenvalue weighted by molar-refractivity contribution is -0.121. The molecule has 0 saturated carbocycles. The van der Waals surface area contributed by atoms with Crippen molar-refractivity contribution in [2.24, 2.45) is 0 Å². The zero-order valence-electron chi connectivity index (χ0n) is 6.36. The molecule has 0 spiro atoms. The maximum absolute atomic E-state index is 11.0. The van der Waals surface area contributed by atoms with Crippen LogP contribution in [0.1, 0.15) is 12.8 Å². The van der Waals surface area contributed by atoms with Gasteiger partial charge in [0.1, 0.15) is 0 Å². The molecule has 0 aromatic carbocycles. The summed E-state index contributed by atoms with van der Waals surface area (Å²) in [4.78, 5) is 27.8. The van der Waals surface area contributed by atoms with Gasteiger partial charge in [0.15, 0.2) is 0 Å². The summed E-state index contributed by atoms with van der Waals surface area (Å²) in [6, 6.07) is -0.447. The summed E-state index contributed by atoms with van der Waals surface area (Å²) in [6.07, 6.45) is 1.49. The van der Waals surface area contributed by atoms with Crippen LogP contribution in [-0.2, 0) is 9.36 Å². The number of nitrogens with one attached hydrogen (secondary N) is 2. The van der Waals surface area contributed by atoms with E-state index < -0.39 is 19.7 Å². The van der Waals surface area contributed by atoms with Crippen LogP contribution in [0.5, 0.6) is 0 Å². The van der Waals surface area contributed by atoms with Gasteiger partial charge in [0.2, 0.25) is 5.91 Å². The molecule has 1 saturated heterocycles. The van der Waals surface area contributed by atoms with Crippen molar-refractivity contribution in [1.29, 1.82) is 0 Å². The standard InChI is InChI=1S/C5H11N2O4P/c8-5(7-12(9,10)11)4-2-1-3-6-4/h4,6H,1-3H2,(H3,7,8,9,10,11)/t4-/m1/s1. The summed E-state index contributed by atoms with van der Waals surface area (Å²) in [5.74, 6) is -0.624. The van der Waals surface area contributed by atoms with E-state index >= 15 is 0 Å². The summed E-state index contributed by atoms with van der Waals surface area (Å²) >= 11 is 0. The van der Waals surface area contributed by atoms with Crippen LogP contribution in [0.25, 0.3) is 0 Å². The molecule has 12 heavy (non-hydrogen) atoms. The van der Waals surface area contributed by atoms with Crippen molar-refractivity contribution in [1.82, 2.24) is 10.4 Å². The Morgan fingerprint density at radius 1 is 1.58 bits per heavy atom. The number of amides is 1. The highest BCUT2D eigenvalue weighted by atomic mass is 31.2. The second kappa shape index (κ2) is 3.53. The Bertz CT molecular complexity index is 219. The zero-order chi connectivity index (χ0) is 9.19. The lowest BCUT2D eigenvalue weighted by Gasteiger charge is -2.11. The van der Waals surface area contributed by atoms with Crippen molar-refractivity contribution < 1.29 is 19.1 Å². The van der Waals surface area contributed by atoms with E-state index in [4.69, 9.17) is 9.79 Å². The van der Waals surface area contributed by atoms with Gasteiger partial charge in [0, 0.05) is 0 Å². The normalized spacial score (nSPS) is 24.0. The van der Waals surface area contributed by atoms with Gasteiger partial charge >= 0.3 is 7.75 Å². The second-order valence-corrected chi connectivity index (χ2v) is 3.98. The summed E-state index contributed by atoms with van der Waals surface area (Å²) < 4.78 is 10.3. The predicted molar refractivity (Wildman–Crippen MR) is 41.2 cm³/mol. The maximum Gasteiger partial charge on any atom is 0.429 e. The van der Waals surface area contributed by atoms with E-state index in [0.717, 1.165) is 13.0 Å². The van der Waals surface area contributed by atoms with Gasteiger partial charge in [0.05, 0.1) is 6.04 Å². The quantitative estimate of drug-likeness (QED) is 0.420. The summed E-state index contributed by atoms with van der Waals surface area (Å²) in [6.45, 7) is 0.721. The van der Waals surface area contributed by atoms with Gasteiger partial charge in [-0.15, -0.1) is 0 Å². The molecule has 0 aromatic heterocycles. The zero-order valence-corrected chi connectivity index (χ0v) is 7.25. The van der Waals surface area contributed by atoms with Crippen LogP contribution in [0.3, 0.4) is 0 Å². The highest BCUT2D eigenvalue weighted by Crippen LogP contribution is 2.28. The van der Waals surface area contributed by atoms with Crippen LogP contribution in [-0.4, -0.2) is 28.3 Å². The molecule has 0 unspecified atom stereocenters. The number of hydrogen-bond donors (Lipinski definition) is 4.